The van der Waals surface area contributed by atoms with Crippen LogP contribution in [0.1, 0.15) is 48.4 Å². The van der Waals surface area contributed by atoms with Crippen LogP contribution in [0.2, 0.25) is 0 Å². The van der Waals surface area contributed by atoms with Gasteiger partial charge in [0.15, 0.2) is 0 Å². The van der Waals surface area contributed by atoms with E-state index in [1.165, 1.54) is 0 Å². The highest BCUT2D eigenvalue weighted by Gasteiger charge is 2.15. The van der Waals surface area contributed by atoms with Crippen molar-refractivity contribution in [1.29, 1.82) is 0 Å². The van der Waals surface area contributed by atoms with E-state index in [4.69, 9.17) is 5.11 Å². The second-order valence-corrected chi connectivity index (χ2v) is 4.51. The summed E-state index contributed by atoms with van der Waals surface area (Å²) in [6.07, 6.45) is 1.06. The lowest BCUT2D eigenvalue weighted by Gasteiger charge is -2.14. The maximum Gasteiger partial charge on any atom is 0.303 e. The van der Waals surface area contributed by atoms with Crippen LogP contribution in [0, 0.1) is 6.92 Å². The summed E-state index contributed by atoms with van der Waals surface area (Å²) in [5.41, 5.74) is 1.84. The molecule has 1 atom stereocenters. The summed E-state index contributed by atoms with van der Waals surface area (Å²) in [5, 5.41) is 19.3. The van der Waals surface area contributed by atoms with Crippen LogP contribution in [0.3, 0.4) is 0 Å². The summed E-state index contributed by atoms with van der Waals surface area (Å²) >= 11 is 0. The van der Waals surface area contributed by atoms with Crippen molar-refractivity contribution in [2.45, 2.75) is 46.1 Å². The predicted molar refractivity (Wildman–Crippen MR) is 69.9 cm³/mol. The average Bonchev–Trinajstić information content (AvgIpc) is 2.36. The lowest BCUT2D eigenvalue weighted by molar-refractivity contribution is -0.137. The molecule has 19 heavy (non-hydrogen) atoms. The van der Waals surface area contributed by atoms with Crippen molar-refractivity contribution in [1.82, 2.24) is 15.5 Å². The molecule has 1 aromatic heterocycles. The highest BCUT2D eigenvalue weighted by molar-refractivity contribution is 5.95. The van der Waals surface area contributed by atoms with E-state index in [-0.39, 0.29) is 18.4 Å². The molecule has 0 aromatic carbocycles. The van der Waals surface area contributed by atoms with E-state index in [0.29, 0.717) is 29.8 Å². The van der Waals surface area contributed by atoms with Crippen LogP contribution in [0.25, 0.3) is 0 Å². The van der Waals surface area contributed by atoms with Crippen LogP contribution in [-0.2, 0) is 11.2 Å². The Hall–Kier alpha value is -1.98. The molecule has 0 radical (unpaired) electrons. The minimum absolute atomic E-state index is 0.0374. The van der Waals surface area contributed by atoms with Gasteiger partial charge in [-0.15, -0.1) is 0 Å². The lowest BCUT2D eigenvalue weighted by Crippen LogP contribution is -2.33. The summed E-state index contributed by atoms with van der Waals surface area (Å²) in [6.45, 7) is 5.47. The summed E-state index contributed by atoms with van der Waals surface area (Å²) in [4.78, 5) is 22.6. The molecule has 0 bridgehead atoms. The Morgan fingerprint density at radius 2 is 2.11 bits per heavy atom. The standard InChI is InChI=1S/C13H19N3O3/c1-4-11-10(7-9(3)15-16-11)13(19)14-8(2)5-6-12(17)18/h7-8H,4-6H2,1-3H3,(H,14,19)(H,17,18). The number of nitrogens with one attached hydrogen (secondary N) is 1. The molecule has 104 valence electrons. The number of carboxylic acid groups (broad SMARTS) is 1. The van der Waals surface area contributed by atoms with Crippen molar-refractivity contribution in [3.8, 4) is 0 Å². The number of hydrogen-bond donors (Lipinski definition) is 2. The summed E-state index contributed by atoms with van der Waals surface area (Å²) in [5.74, 6) is -1.09. The van der Waals surface area contributed by atoms with E-state index in [0.717, 1.165) is 0 Å². The van der Waals surface area contributed by atoms with Gasteiger partial charge in [-0.1, -0.05) is 6.92 Å². The lowest BCUT2D eigenvalue weighted by atomic mass is 10.1. The van der Waals surface area contributed by atoms with Crippen molar-refractivity contribution < 1.29 is 14.7 Å². The van der Waals surface area contributed by atoms with E-state index in [1.54, 1.807) is 19.9 Å². The van der Waals surface area contributed by atoms with Gasteiger partial charge in [-0.25, -0.2) is 0 Å². The van der Waals surface area contributed by atoms with Crippen molar-refractivity contribution in [2.24, 2.45) is 0 Å². The number of amides is 1. The van der Waals surface area contributed by atoms with Gasteiger partial charge >= 0.3 is 5.97 Å². The second-order valence-electron chi connectivity index (χ2n) is 4.51. The Morgan fingerprint density at radius 3 is 2.68 bits per heavy atom. The van der Waals surface area contributed by atoms with Crippen LogP contribution in [0.15, 0.2) is 6.07 Å². The second kappa shape index (κ2) is 6.82. The van der Waals surface area contributed by atoms with Gasteiger partial charge in [-0.05, 0) is 32.8 Å². The third-order valence-corrected chi connectivity index (χ3v) is 2.74. The predicted octanol–water partition coefficient (Wildman–Crippen LogP) is 1.33. The molecule has 1 heterocycles. The van der Waals surface area contributed by atoms with E-state index in [1.807, 2.05) is 6.92 Å². The number of carbonyl (C=O) groups is 2. The fourth-order valence-corrected chi connectivity index (χ4v) is 1.69. The number of carbonyl (C=O) groups excluding carboxylic acids is 1. The monoisotopic (exact) mass is 265 g/mol. The largest absolute Gasteiger partial charge is 0.481 e. The summed E-state index contributed by atoms with van der Waals surface area (Å²) < 4.78 is 0. The zero-order chi connectivity index (χ0) is 14.4. The Morgan fingerprint density at radius 1 is 1.42 bits per heavy atom. The third-order valence-electron chi connectivity index (χ3n) is 2.74. The molecule has 1 rings (SSSR count). The molecule has 1 aromatic rings. The first-order chi connectivity index (χ1) is 8.93. The fourth-order valence-electron chi connectivity index (χ4n) is 1.69. The van der Waals surface area contributed by atoms with Crippen molar-refractivity contribution in [3.05, 3.63) is 23.0 Å². The highest BCUT2D eigenvalue weighted by Crippen LogP contribution is 2.08. The van der Waals surface area contributed by atoms with Crippen LogP contribution < -0.4 is 5.32 Å². The van der Waals surface area contributed by atoms with E-state index in [9.17, 15) is 9.59 Å². The molecule has 0 aliphatic rings. The number of carboxylic acids is 1. The fraction of sp³-hybridized carbons (Fsp3) is 0.538. The molecule has 6 nitrogen and oxygen atoms in total. The number of nitrogens with zero attached hydrogens (tertiary/aromatic N) is 2. The Balaban J connectivity index is 2.72. The van der Waals surface area contributed by atoms with E-state index in [2.05, 4.69) is 15.5 Å². The number of aromatic nitrogens is 2. The van der Waals surface area contributed by atoms with E-state index >= 15 is 0 Å². The van der Waals surface area contributed by atoms with Gasteiger partial charge in [0.2, 0.25) is 0 Å². The first-order valence-corrected chi connectivity index (χ1v) is 6.29. The maximum absolute atomic E-state index is 12.1. The van der Waals surface area contributed by atoms with Crippen molar-refractivity contribution in [2.75, 3.05) is 0 Å². The molecule has 1 amide bonds. The topological polar surface area (TPSA) is 92.2 Å². The van der Waals surface area contributed by atoms with Crippen LogP contribution >= 0.6 is 0 Å². The smallest absolute Gasteiger partial charge is 0.303 e. The normalized spacial score (nSPS) is 11.9. The number of rotatable bonds is 6. The highest BCUT2D eigenvalue weighted by atomic mass is 16.4. The third kappa shape index (κ3) is 4.65. The number of aryl methyl sites for hydroxylation is 2. The van der Waals surface area contributed by atoms with Gasteiger partial charge in [0.05, 0.1) is 17.0 Å². The zero-order valence-electron chi connectivity index (χ0n) is 11.4. The molecule has 0 aliphatic carbocycles. The quantitative estimate of drug-likeness (QED) is 0.809. The van der Waals surface area contributed by atoms with Gasteiger partial charge in [-0.2, -0.15) is 10.2 Å². The summed E-state index contributed by atoms with van der Waals surface area (Å²) in [6, 6.07) is 1.51. The Labute approximate surface area is 112 Å². The molecule has 6 heteroatoms. The molecule has 1 unspecified atom stereocenters. The number of hydrogen-bond acceptors (Lipinski definition) is 4. The Kier molecular flexibility index (Phi) is 5.41. The zero-order valence-corrected chi connectivity index (χ0v) is 11.4. The first kappa shape index (κ1) is 15.1. The van der Waals surface area contributed by atoms with Gasteiger partial charge in [0.25, 0.3) is 5.91 Å². The van der Waals surface area contributed by atoms with Crippen molar-refractivity contribution >= 4 is 11.9 Å². The van der Waals surface area contributed by atoms with Crippen LogP contribution in [-0.4, -0.2) is 33.2 Å². The first-order valence-electron chi connectivity index (χ1n) is 6.29. The minimum atomic E-state index is -0.864. The summed E-state index contributed by atoms with van der Waals surface area (Å²) in [7, 11) is 0. The average molecular weight is 265 g/mol. The van der Waals surface area contributed by atoms with Gasteiger partial charge in [0, 0.05) is 12.5 Å². The number of aliphatic carboxylic acids is 1. The molecule has 0 saturated heterocycles. The van der Waals surface area contributed by atoms with Crippen molar-refractivity contribution in [3.63, 3.8) is 0 Å². The van der Waals surface area contributed by atoms with E-state index < -0.39 is 5.97 Å². The maximum atomic E-state index is 12.1. The molecule has 2 N–H and O–H groups in total. The molecular weight excluding hydrogens is 246 g/mol. The molecule has 0 aliphatic heterocycles. The molecular formula is C13H19N3O3. The molecule has 0 fully saturated rings. The van der Waals surface area contributed by atoms with Gasteiger partial charge in [-0.3, -0.25) is 9.59 Å². The van der Waals surface area contributed by atoms with Gasteiger partial charge in [0.1, 0.15) is 0 Å². The van der Waals surface area contributed by atoms with Crippen LogP contribution in [0.4, 0.5) is 0 Å². The van der Waals surface area contributed by atoms with Crippen LogP contribution in [0.5, 0.6) is 0 Å². The Bertz CT molecular complexity index is 474. The van der Waals surface area contributed by atoms with Gasteiger partial charge < -0.3 is 10.4 Å². The minimum Gasteiger partial charge on any atom is -0.481 e. The molecule has 0 spiro atoms. The molecule has 0 saturated carbocycles. The SMILES string of the molecule is CCc1nnc(C)cc1C(=O)NC(C)CCC(=O)O.